The molecule has 0 radical (unpaired) electrons. The fourth-order valence-corrected chi connectivity index (χ4v) is 2.22. The molecule has 0 saturated heterocycles. The average Bonchev–Trinajstić information content (AvgIpc) is 2.55. The maximum atomic E-state index is 10.5. The summed E-state index contributed by atoms with van der Waals surface area (Å²) in [6.07, 6.45) is 0.879. The Balaban J connectivity index is 2.83. The van der Waals surface area contributed by atoms with Crippen LogP contribution in [0.1, 0.15) is 15.4 Å². The zero-order chi connectivity index (χ0) is 8.72. The second-order valence-electron chi connectivity index (χ2n) is 2.69. The number of aldehydes is 1. The molecule has 0 N–H and O–H groups in total. The predicted octanol–water partition coefficient (Wildman–Crippen LogP) is 1.76. The summed E-state index contributed by atoms with van der Waals surface area (Å²) in [5, 5.41) is 5.32. The van der Waals surface area contributed by atoms with Crippen molar-refractivity contribution < 1.29 is 4.79 Å². The third-order valence-electron chi connectivity index (χ3n) is 1.83. The van der Waals surface area contributed by atoms with Crippen LogP contribution in [-0.2, 0) is 7.05 Å². The first-order chi connectivity index (χ1) is 5.72. The number of fused-ring (bicyclic) bond motifs is 1. The lowest BCUT2D eigenvalue weighted by atomic mass is 10.3. The average molecular weight is 180 g/mol. The molecule has 12 heavy (non-hydrogen) atoms. The van der Waals surface area contributed by atoms with Crippen molar-refractivity contribution in [1.29, 1.82) is 0 Å². The van der Waals surface area contributed by atoms with Crippen molar-refractivity contribution in [3.63, 3.8) is 0 Å². The summed E-state index contributed by atoms with van der Waals surface area (Å²) in [6.45, 7) is 1.95. The van der Waals surface area contributed by atoms with Gasteiger partial charge in [-0.25, -0.2) is 0 Å². The summed E-state index contributed by atoms with van der Waals surface area (Å²) in [6, 6.07) is 1.88. The number of carbonyl (C=O) groups excluding carboxylic acids is 1. The first-order valence-corrected chi connectivity index (χ1v) is 4.42. The minimum atomic E-state index is 0.765. The molecular formula is C8H8N2OS. The lowest BCUT2D eigenvalue weighted by Crippen LogP contribution is -1.87. The van der Waals surface area contributed by atoms with Gasteiger partial charge in [0.25, 0.3) is 0 Å². The summed E-state index contributed by atoms with van der Waals surface area (Å²) in [5.74, 6) is 0. The van der Waals surface area contributed by atoms with Crippen LogP contribution in [0.15, 0.2) is 6.07 Å². The number of aryl methyl sites for hydroxylation is 2. The number of hydrogen-bond donors (Lipinski definition) is 0. The molecule has 0 aliphatic rings. The monoisotopic (exact) mass is 180 g/mol. The molecule has 0 bridgehead atoms. The summed E-state index contributed by atoms with van der Waals surface area (Å²) in [5.41, 5.74) is 0.983. The van der Waals surface area contributed by atoms with E-state index >= 15 is 0 Å². The van der Waals surface area contributed by atoms with E-state index in [1.807, 2.05) is 24.7 Å². The largest absolute Gasteiger partial charge is 0.297 e. The molecule has 0 aliphatic heterocycles. The van der Waals surface area contributed by atoms with Crippen molar-refractivity contribution in [2.45, 2.75) is 6.92 Å². The third kappa shape index (κ3) is 0.881. The van der Waals surface area contributed by atoms with Gasteiger partial charge in [-0.1, -0.05) is 0 Å². The second-order valence-corrected chi connectivity index (χ2v) is 3.76. The Kier molecular flexibility index (Phi) is 1.51. The second kappa shape index (κ2) is 2.42. The van der Waals surface area contributed by atoms with Crippen LogP contribution in [0.3, 0.4) is 0 Å². The molecule has 62 valence electrons. The first-order valence-electron chi connectivity index (χ1n) is 3.60. The fourth-order valence-electron chi connectivity index (χ4n) is 1.28. The van der Waals surface area contributed by atoms with Gasteiger partial charge < -0.3 is 0 Å². The standard InChI is InChI=1S/C8H8N2OS/c1-5-7-3-6(4-11)12-8(7)10(2)9-5/h3-4H,1-2H3. The van der Waals surface area contributed by atoms with E-state index in [1.54, 1.807) is 0 Å². The molecule has 0 saturated carbocycles. The molecule has 3 nitrogen and oxygen atoms in total. The van der Waals surface area contributed by atoms with Crippen LogP contribution in [0.2, 0.25) is 0 Å². The molecule has 0 unspecified atom stereocenters. The van der Waals surface area contributed by atoms with E-state index < -0.39 is 0 Å². The van der Waals surface area contributed by atoms with Gasteiger partial charge in [0.05, 0.1) is 10.6 Å². The van der Waals surface area contributed by atoms with Crippen molar-refractivity contribution in [1.82, 2.24) is 9.78 Å². The number of carbonyl (C=O) groups is 1. The lowest BCUT2D eigenvalue weighted by Gasteiger charge is -1.85. The maximum absolute atomic E-state index is 10.5. The van der Waals surface area contributed by atoms with Crippen LogP contribution in [-0.4, -0.2) is 16.1 Å². The Morgan fingerprint density at radius 3 is 3.00 bits per heavy atom. The quantitative estimate of drug-likeness (QED) is 0.627. The van der Waals surface area contributed by atoms with E-state index in [-0.39, 0.29) is 0 Å². The van der Waals surface area contributed by atoms with E-state index in [4.69, 9.17) is 0 Å². The Morgan fingerprint density at radius 1 is 1.67 bits per heavy atom. The molecule has 2 aromatic heterocycles. The number of aromatic nitrogens is 2. The molecule has 0 fully saturated rings. The Hall–Kier alpha value is -1.16. The summed E-state index contributed by atoms with van der Waals surface area (Å²) in [7, 11) is 1.89. The van der Waals surface area contributed by atoms with E-state index in [1.165, 1.54) is 11.3 Å². The number of hydrogen-bond acceptors (Lipinski definition) is 3. The minimum absolute atomic E-state index is 0.765. The number of nitrogens with zero attached hydrogens (tertiary/aromatic N) is 2. The Labute approximate surface area is 73.6 Å². The molecule has 2 rings (SSSR count). The van der Waals surface area contributed by atoms with Crippen LogP contribution in [0.5, 0.6) is 0 Å². The highest BCUT2D eigenvalue weighted by Crippen LogP contribution is 2.26. The normalized spacial score (nSPS) is 10.8. The van der Waals surface area contributed by atoms with E-state index in [0.29, 0.717) is 0 Å². The van der Waals surface area contributed by atoms with Gasteiger partial charge in [0, 0.05) is 12.4 Å². The van der Waals surface area contributed by atoms with Crippen molar-refractivity contribution in [2.24, 2.45) is 7.05 Å². The summed E-state index contributed by atoms with van der Waals surface area (Å²) < 4.78 is 1.81. The smallest absolute Gasteiger partial charge is 0.160 e. The zero-order valence-corrected chi connectivity index (χ0v) is 7.68. The zero-order valence-electron chi connectivity index (χ0n) is 6.87. The number of thiophene rings is 1. The minimum Gasteiger partial charge on any atom is -0.297 e. The van der Waals surface area contributed by atoms with E-state index in [2.05, 4.69) is 5.10 Å². The Bertz CT molecular complexity index is 407. The SMILES string of the molecule is Cc1nn(C)c2sc(C=O)cc12. The molecule has 0 spiro atoms. The van der Waals surface area contributed by atoms with Crippen molar-refractivity contribution in [2.75, 3.05) is 0 Å². The Morgan fingerprint density at radius 2 is 2.42 bits per heavy atom. The summed E-state index contributed by atoms with van der Waals surface area (Å²) in [4.78, 5) is 12.3. The van der Waals surface area contributed by atoms with Crippen molar-refractivity contribution in [3.05, 3.63) is 16.6 Å². The van der Waals surface area contributed by atoms with E-state index in [0.717, 1.165) is 27.1 Å². The van der Waals surface area contributed by atoms with Crippen LogP contribution < -0.4 is 0 Å². The van der Waals surface area contributed by atoms with Gasteiger partial charge in [0.1, 0.15) is 4.83 Å². The van der Waals surface area contributed by atoms with Crippen LogP contribution in [0, 0.1) is 6.92 Å². The predicted molar refractivity (Wildman–Crippen MR) is 48.7 cm³/mol. The van der Waals surface area contributed by atoms with Crippen LogP contribution in [0.25, 0.3) is 10.2 Å². The highest BCUT2D eigenvalue weighted by molar-refractivity contribution is 7.20. The lowest BCUT2D eigenvalue weighted by molar-refractivity contribution is 0.112. The van der Waals surface area contributed by atoms with Gasteiger partial charge >= 0.3 is 0 Å². The number of rotatable bonds is 1. The van der Waals surface area contributed by atoms with Gasteiger partial charge in [-0.15, -0.1) is 11.3 Å². The fraction of sp³-hybridized carbons (Fsp3) is 0.250. The molecule has 0 atom stereocenters. The van der Waals surface area contributed by atoms with Crippen molar-refractivity contribution >= 4 is 27.8 Å². The van der Waals surface area contributed by atoms with Gasteiger partial charge in [-0.3, -0.25) is 9.48 Å². The molecule has 0 aromatic carbocycles. The van der Waals surface area contributed by atoms with Gasteiger partial charge in [-0.2, -0.15) is 5.10 Å². The molecule has 0 aliphatic carbocycles. The third-order valence-corrected chi connectivity index (χ3v) is 2.96. The molecule has 4 heteroatoms. The molecular weight excluding hydrogens is 172 g/mol. The van der Waals surface area contributed by atoms with Gasteiger partial charge in [-0.05, 0) is 13.0 Å². The van der Waals surface area contributed by atoms with E-state index in [9.17, 15) is 4.79 Å². The maximum Gasteiger partial charge on any atom is 0.160 e. The van der Waals surface area contributed by atoms with Gasteiger partial charge in [0.15, 0.2) is 6.29 Å². The molecule has 2 heterocycles. The van der Waals surface area contributed by atoms with Crippen LogP contribution in [0.4, 0.5) is 0 Å². The van der Waals surface area contributed by atoms with Gasteiger partial charge in [0.2, 0.25) is 0 Å². The van der Waals surface area contributed by atoms with Crippen molar-refractivity contribution in [3.8, 4) is 0 Å². The molecule has 2 aromatic rings. The first kappa shape index (κ1) is 7.49. The van der Waals surface area contributed by atoms with Crippen LogP contribution >= 0.6 is 11.3 Å². The summed E-state index contributed by atoms with van der Waals surface area (Å²) >= 11 is 1.48. The topological polar surface area (TPSA) is 34.9 Å². The highest BCUT2D eigenvalue weighted by atomic mass is 32.1. The highest BCUT2D eigenvalue weighted by Gasteiger charge is 2.08. The molecule has 0 amide bonds.